The van der Waals surface area contributed by atoms with Crippen molar-refractivity contribution in [2.24, 2.45) is 5.41 Å². The Kier molecular flexibility index (Phi) is 11.8. The van der Waals surface area contributed by atoms with Crippen LogP contribution in [0.2, 0.25) is 0 Å². The maximum Gasteiger partial charge on any atom is 0.198 e. The average Bonchev–Trinajstić information content (AvgIpc) is 3.11. The van der Waals surface area contributed by atoms with Gasteiger partial charge in [-0.25, -0.2) is 0 Å². The van der Waals surface area contributed by atoms with Crippen LogP contribution in [-0.4, -0.2) is 42.9 Å². The van der Waals surface area contributed by atoms with E-state index in [9.17, 15) is 0 Å². The first kappa shape index (κ1) is 34.5. The van der Waals surface area contributed by atoms with E-state index < -0.39 is 30.2 Å². The third-order valence-electron chi connectivity index (χ3n) is 9.31. The lowest BCUT2D eigenvalue weighted by molar-refractivity contribution is -0.407. The molecule has 0 radical (unpaired) electrons. The molecule has 2 heterocycles. The molecule has 6 atom stereocenters. The molecule has 0 amide bonds. The highest BCUT2D eigenvalue weighted by molar-refractivity contribution is 5.17. The Bertz CT molecular complexity index is 1490. The number of hydrogen-bond acceptors (Lipinski definition) is 6. The minimum atomic E-state index is -1.04. The Morgan fingerprint density at radius 1 is 0.583 bits per heavy atom. The topological polar surface area (TPSA) is 55.4 Å². The van der Waals surface area contributed by atoms with Gasteiger partial charge in [-0.3, -0.25) is 0 Å². The van der Waals surface area contributed by atoms with E-state index in [4.69, 9.17) is 28.4 Å². The first-order valence-corrected chi connectivity index (χ1v) is 17.3. The van der Waals surface area contributed by atoms with Crippen LogP contribution < -0.4 is 0 Å². The van der Waals surface area contributed by atoms with E-state index in [1.54, 1.807) is 0 Å². The zero-order valence-electron chi connectivity index (χ0n) is 28.5. The summed E-state index contributed by atoms with van der Waals surface area (Å²) in [6.45, 7) is 8.67. The van der Waals surface area contributed by atoms with Crippen LogP contribution in [0.1, 0.15) is 62.3 Å². The van der Waals surface area contributed by atoms with Crippen LogP contribution >= 0.6 is 0 Å². The van der Waals surface area contributed by atoms with Gasteiger partial charge in [0, 0.05) is 6.42 Å². The number of hydrogen-bond donors (Lipinski definition) is 0. The van der Waals surface area contributed by atoms with Crippen LogP contribution in [0.3, 0.4) is 0 Å². The second kappa shape index (κ2) is 16.4. The molecule has 48 heavy (non-hydrogen) atoms. The molecule has 6 nitrogen and oxygen atoms in total. The zero-order valence-corrected chi connectivity index (χ0v) is 28.5. The van der Waals surface area contributed by atoms with E-state index in [2.05, 4.69) is 69.3 Å². The molecule has 2 fully saturated rings. The van der Waals surface area contributed by atoms with Crippen LogP contribution in [0, 0.1) is 5.41 Å². The summed E-state index contributed by atoms with van der Waals surface area (Å²) in [4.78, 5) is 0. The van der Waals surface area contributed by atoms with Crippen molar-refractivity contribution < 1.29 is 28.4 Å². The summed E-state index contributed by atoms with van der Waals surface area (Å²) in [5.74, 6) is -1.04. The van der Waals surface area contributed by atoms with Crippen molar-refractivity contribution >= 4 is 0 Å². The Morgan fingerprint density at radius 3 is 1.54 bits per heavy atom. The van der Waals surface area contributed by atoms with Crippen molar-refractivity contribution in [1.82, 2.24) is 0 Å². The van der Waals surface area contributed by atoms with Crippen molar-refractivity contribution in [3.8, 4) is 0 Å². The van der Waals surface area contributed by atoms with Crippen molar-refractivity contribution in [2.45, 2.75) is 103 Å². The van der Waals surface area contributed by atoms with Gasteiger partial charge in [-0.05, 0) is 40.5 Å². The number of ether oxygens (including phenoxy) is 6. The highest BCUT2D eigenvalue weighted by Crippen LogP contribution is 2.46. The Labute approximate surface area is 286 Å². The van der Waals surface area contributed by atoms with Crippen molar-refractivity contribution in [2.75, 3.05) is 6.61 Å². The molecule has 6 heteroatoms. The van der Waals surface area contributed by atoms with Crippen molar-refractivity contribution in [3.63, 3.8) is 0 Å². The van der Waals surface area contributed by atoms with E-state index in [0.29, 0.717) is 39.5 Å². The van der Waals surface area contributed by atoms with Gasteiger partial charge in [0.15, 0.2) is 5.79 Å². The van der Waals surface area contributed by atoms with E-state index in [-0.39, 0.29) is 11.5 Å². The second-order valence-electron chi connectivity index (χ2n) is 14.1. The molecule has 4 aromatic rings. The fourth-order valence-corrected chi connectivity index (χ4v) is 6.72. The molecule has 4 aromatic carbocycles. The molecule has 0 saturated carbocycles. The molecule has 0 aliphatic carbocycles. The average molecular weight is 651 g/mol. The molecule has 0 N–H and O–H groups in total. The maximum atomic E-state index is 7.19. The maximum absolute atomic E-state index is 7.19. The van der Waals surface area contributed by atoms with Crippen LogP contribution in [0.15, 0.2) is 121 Å². The van der Waals surface area contributed by atoms with Crippen LogP contribution in [0.5, 0.6) is 0 Å². The minimum Gasteiger partial charge on any atom is -0.374 e. The van der Waals surface area contributed by atoms with E-state index in [1.165, 1.54) is 0 Å². The van der Waals surface area contributed by atoms with Gasteiger partial charge in [0.25, 0.3) is 0 Å². The third-order valence-corrected chi connectivity index (χ3v) is 9.31. The quantitative estimate of drug-likeness (QED) is 0.144. The normalized spacial score (nSPS) is 26.0. The first-order valence-electron chi connectivity index (χ1n) is 17.3. The Hall–Kier alpha value is -3.36. The summed E-state index contributed by atoms with van der Waals surface area (Å²) in [6, 6.07) is 41.0. The molecule has 6 rings (SSSR count). The number of benzene rings is 4. The van der Waals surface area contributed by atoms with Gasteiger partial charge in [-0.2, -0.15) is 0 Å². The fourth-order valence-electron chi connectivity index (χ4n) is 6.72. The highest BCUT2D eigenvalue weighted by Gasteiger charge is 2.60. The van der Waals surface area contributed by atoms with E-state index in [0.717, 1.165) is 35.1 Å². The molecule has 2 aliphatic rings. The molecule has 0 bridgehead atoms. The summed E-state index contributed by atoms with van der Waals surface area (Å²) >= 11 is 0. The summed E-state index contributed by atoms with van der Waals surface area (Å²) < 4.78 is 41.4. The second-order valence-corrected chi connectivity index (χ2v) is 14.1. The summed E-state index contributed by atoms with van der Waals surface area (Å²) in [5, 5.41) is 0. The Balaban J connectivity index is 1.36. The van der Waals surface area contributed by atoms with Gasteiger partial charge in [-0.15, -0.1) is 0 Å². The third kappa shape index (κ3) is 9.00. The fraction of sp³-hybridized carbons (Fsp3) is 0.429. The highest BCUT2D eigenvalue weighted by atomic mass is 16.7. The van der Waals surface area contributed by atoms with Gasteiger partial charge in [0.05, 0.1) is 39.1 Å². The Morgan fingerprint density at radius 2 is 1.04 bits per heavy atom. The van der Waals surface area contributed by atoms with Crippen LogP contribution in [0.25, 0.3) is 0 Å². The summed E-state index contributed by atoms with van der Waals surface area (Å²) in [6.07, 6.45) is 0.558. The lowest BCUT2D eigenvalue weighted by Crippen LogP contribution is -2.69. The standard InChI is InChI=1S/C42H50O6/c1-41(2,3)37-25-16-26-42(48-37)40(46-30-35-23-14-7-15-24-35)39(45-29-34-21-12-6-13-22-34)38(44-28-33-19-10-5-11-20-33)36(47-42)31-43-27-32-17-8-4-9-18-32/h4-15,17-24,36-40H,16,25-31H2,1-3H3/t36-,37+,38-,39+,40-,42-/m0/s1. The molecule has 0 unspecified atom stereocenters. The minimum absolute atomic E-state index is 0.0171. The van der Waals surface area contributed by atoms with Crippen LogP contribution in [-0.2, 0) is 54.8 Å². The molecule has 2 saturated heterocycles. The predicted molar refractivity (Wildman–Crippen MR) is 187 cm³/mol. The van der Waals surface area contributed by atoms with Crippen molar-refractivity contribution in [1.29, 1.82) is 0 Å². The zero-order chi connectivity index (χ0) is 33.2. The lowest BCUT2D eigenvalue weighted by atomic mass is 9.80. The number of rotatable bonds is 13. The molecular weight excluding hydrogens is 600 g/mol. The smallest absolute Gasteiger partial charge is 0.198 e. The molecule has 1 spiro atoms. The SMILES string of the molecule is CC(C)(C)[C@H]1CCC[C@]2(O[C@@H](COCc3ccccc3)[C@H](OCc3ccccc3)[C@@H](OCc3ccccc3)[C@@H]2OCc2ccccc2)O1. The van der Waals surface area contributed by atoms with E-state index >= 15 is 0 Å². The predicted octanol–water partition coefficient (Wildman–Crippen LogP) is 8.67. The summed E-state index contributed by atoms with van der Waals surface area (Å²) in [5.41, 5.74) is 4.25. The lowest BCUT2D eigenvalue weighted by Gasteiger charge is -2.56. The van der Waals surface area contributed by atoms with Gasteiger partial charge < -0.3 is 28.4 Å². The van der Waals surface area contributed by atoms with Gasteiger partial charge >= 0.3 is 0 Å². The van der Waals surface area contributed by atoms with Crippen molar-refractivity contribution in [3.05, 3.63) is 144 Å². The molecule has 2 aliphatic heterocycles. The molecule has 0 aromatic heterocycles. The first-order chi connectivity index (χ1) is 23.4. The largest absolute Gasteiger partial charge is 0.374 e. The van der Waals surface area contributed by atoms with Gasteiger partial charge in [0.2, 0.25) is 0 Å². The molecular formula is C42H50O6. The van der Waals surface area contributed by atoms with Gasteiger partial charge in [-0.1, -0.05) is 142 Å². The van der Waals surface area contributed by atoms with Gasteiger partial charge in [0.1, 0.15) is 24.4 Å². The van der Waals surface area contributed by atoms with Crippen LogP contribution in [0.4, 0.5) is 0 Å². The monoisotopic (exact) mass is 650 g/mol. The molecule has 254 valence electrons. The summed E-state index contributed by atoms with van der Waals surface area (Å²) in [7, 11) is 0. The van der Waals surface area contributed by atoms with E-state index in [1.807, 2.05) is 72.8 Å².